The van der Waals surface area contributed by atoms with E-state index in [0.29, 0.717) is 12.2 Å². The van der Waals surface area contributed by atoms with Gasteiger partial charge in [-0.2, -0.15) is 0 Å². The highest BCUT2D eigenvalue weighted by atomic mass is 32.2. The molecule has 1 aromatic rings. The molecule has 0 radical (unpaired) electrons. The fraction of sp³-hybridized carbons (Fsp3) is 0.545. The van der Waals surface area contributed by atoms with Crippen LogP contribution in [0.4, 0.5) is 0 Å². The van der Waals surface area contributed by atoms with Crippen LogP contribution >= 0.6 is 0 Å². The van der Waals surface area contributed by atoms with Crippen molar-refractivity contribution in [2.45, 2.75) is 24.6 Å². The quantitative estimate of drug-likeness (QED) is 0.791. The van der Waals surface area contributed by atoms with Crippen LogP contribution in [0, 0.1) is 0 Å². The van der Waals surface area contributed by atoms with Gasteiger partial charge in [0, 0.05) is 18.8 Å². The molecule has 0 aromatic carbocycles. The Morgan fingerprint density at radius 1 is 1.47 bits per heavy atom. The molecule has 6 heteroatoms. The summed E-state index contributed by atoms with van der Waals surface area (Å²) in [6.45, 7) is 1.45. The van der Waals surface area contributed by atoms with Gasteiger partial charge in [-0.3, -0.25) is 4.98 Å². The molecule has 2 rings (SSSR count). The summed E-state index contributed by atoms with van der Waals surface area (Å²) in [6.07, 6.45) is 3.75. The summed E-state index contributed by atoms with van der Waals surface area (Å²) in [4.78, 5) is 4.01. The lowest BCUT2D eigenvalue weighted by molar-refractivity contribution is 0.550. The second-order valence-corrected chi connectivity index (χ2v) is 6.03. The van der Waals surface area contributed by atoms with Crippen molar-refractivity contribution in [3.8, 4) is 0 Å². The molecule has 94 valence electrons. The summed E-state index contributed by atoms with van der Waals surface area (Å²) < 4.78 is 26.2. The molecule has 1 fully saturated rings. The highest BCUT2D eigenvalue weighted by molar-refractivity contribution is 7.88. The first kappa shape index (κ1) is 12.5. The third-order valence-electron chi connectivity index (χ3n) is 2.78. The molecule has 0 amide bonds. The van der Waals surface area contributed by atoms with Gasteiger partial charge in [0.2, 0.25) is 10.0 Å². The third kappa shape index (κ3) is 4.07. The first-order valence-corrected chi connectivity index (χ1v) is 7.41. The number of nitrogens with zero attached hydrogens (tertiary/aromatic N) is 1. The molecule has 1 aliphatic heterocycles. The monoisotopic (exact) mass is 255 g/mol. The zero-order chi connectivity index (χ0) is 12.1. The Bertz CT molecular complexity index is 441. The van der Waals surface area contributed by atoms with Crippen molar-refractivity contribution >= 4 is 10.0 Å². The molecular weight excluding hydrogens is 238 g/mol. The maximum absolute atomic E-state index is 11.8. The molecule has 2 heterocycles. The van der Waals surface area contributed by atoms with Crippen LogP contribution in [0.3, 0.4) is 0 Å². The van der Waals surface area contributed by atoms with Gasteiger partial charge >= 0.3 is 0 Å². The Labute approximate surface area is 102 Å². The van der Waals surface area contributed by atoms with E-state index in [1.165, 1.54) is 0 Å². The highest BCUT2D eigenvalue weighted by Crippen LogP contribution is 2.05. The fourth-order valence-corrected chi connectivity index (χ4v) is 3.01. The summed E-state index contributed by atoms with van der Waals surface area (Å²) in [6, 6.07) is 5.55. The van der Waals surface area contributed by atoms with E-state index < -0.39 is 10.0 Å². The van der Waals surface area contributed by atoms with Crippen molar-refractivity contribution in [2.24, 2.45) is 0 Å². The van der Waals surface area contributed by atoms with Crippen molar-refractivity contribution in [2.75, 3.05) is 13.1 Å². The Kier molecular flexibility index (Phi) is 4.09. The predicted molar refractivity (Wildman–Crippen MR) is 65.9 cm³/mol. The number of pyridine rings is 1. The lowest BCUT2D eigenvalue weighted by Gasteiger charge is -2.11. The number of hydrogen-bond acceptors (Lipinski definition) is 4. The maximum Gasteiger partial charge on any atom is 0.217 e. The van der Waals surface area contributed by atoms with E-state index in [-0.39, 0.29) is 11.8 Å². The minimum Gasteiger partial charge on any atom is -0.313 e. The number of aromatic nitrogens is 1. The Hall–Kier alpha value is -0.980. The minimum atomic E-state index is -3.27. The molecule has 1 saturated heterocycles. The van der Waals surface area contributed by atoms with Crippen molar-refractivity contribution in [3.63, 3.8) is 0 Å². The van der Waals surface area contributed by atoms with E-state index in [1.54, 1.807) is 24.4 Å². The molecule has 1 atom stereocenters. The van der Waals surface area contributed by atoms with Gasteiger partial charge in [0.15, 0.2) is 0 Å². The van der Waals surface area contributed by atoms with E-state index in [9.17, 15) is 8.42 Å². The summed E-state index contributed by atoms with van der Waals surface area (Å²) in [7, 11) is -3.27. The van der Waals surface area contributed by atoms with E-state index in [0.717, 1.165) is 19.4 Å². The Morgan fingerprint density at radius 3 is 3.00 bits per heavy atom. The van der Waals surface area contributed by atoms with Crippen LogP contribution in [-0.4, -0.2) is 32.5 Å². The van der Waals surface area contributed by atoms with Gasteiger partial charge in [-0.05, 0) is 31.5 Å². The number of nitrogens with one attached hydrogen (secondary N) is 2. The minimum absolute atomic E-state index is 0.0550. The van der Waals surface area contributed by atoms with Crippen molar-refractivity contribution in [1.82, 2.24) is 15.0 Å². The first-order valence-electron chi connectivity index (χ1n) is 5.76. The molecule has 1 aliphatic rings. The van der Waals surface area contributed by atoms with Gasteiger partial charge < -0.3 is 5.32 Å². The van der Waals surface area contributed by atoms with E-state index >= 15 is 0 Å². The summed E-state index contributed by atoms with van der Waals surface area (Å²) in [5.74, 6) is -0.0550. The molecule has 0 bridgehead atoms. The molecule has 5 nitrogen and oxygen atoms in total. The largest absolute Gasteiger partial charge is 0.313 e. The molecule has 0 aliphatic carbocycles. The maximum atomic E-state index is 11.8. The topological polar surface area (TPSA) is 71.1 Å². The highest BCUT2D eigenvalue weighted by Gasteiger charge is 2.18. The molecule has 0 saturated carbocycles. The van der Waals surface area contributed by atoms with Crippen molar-refractivity contribution in [1.29, 1.82) is 0 Å². The molecule has 1 aromatic heterocycles. The lowest BCUT2D eigenvalue weighted by atomic mass is 10.2. The molecule has 17 heavy (non-hydrogen) atoms. The summed E-state index contributed by atoms with van der Waals surface area (Å²) >= 11 is 0. The normalized spacial score (nSPS) is 20.6. The van der Waals surface area contributed by atoms with Crippen molar-refractivity contribution < 1.29 is 8.42 Å². The van der Waals surface area contributed by atoms with Gasteiger partial charge in [-0.1, -0.05) is 6.07 Å². The average Bonchev–Trinajstić information content (AvgIpc) is 2.80. The zero-order valence-corrected chi connectivity index (χ0v) is 10.4. The predicted octanol–water partition coefficient (Wildman–Crippen LogP) is 0.253. The van der Waals surface area contributed by atoms with Crippen LogP contribution in [0.1, 0.15) is 18.5 Å². The van der Waals surface area contributed by atoms with Gasteiger partial charge in [0.1, 0.15) is 5.75 Å². The molecule has 0 spiro atoms. The molecular formula is C11H17N3O2S. The second-order valence-electron chi connectivity index (χ2n) is 4.22. The smallest absolute Gasteiger partial charge is 0.217 e. The first-order chi connectivity index (χ1) is 8.16. The van der Waals surface area contributed by atoms with Crippen LogP contribution in [0.25, 0.3) is 0 Å². The van der Waals surface area contributed by atoms with Crippen LogP contribution in [0.2, 0.25) is 0 Å². The van der Waals surface area contributed by atoms with Gasteiger partial charge in [-0.15, -0.1) is 0 Å². The summed E-state index contributed by atoms with van der Waals surface area (Å²) in [5.41, 5.74) is 0.569. The number of sulfonamides is 1. The summed E-state index contributed by atoms with van der Waals surface area (Å²) in [5, 5.41) is 3.25. The van der Waals surface area contributed by atoms with E-state index in [2.05, 4.69) is 15.0 Å². The standard InChI is InChI=1S/C11H17N3O2S/c15-17(16,9-11-4-1-2-6-13-11)14-8-10-5-3-7-12-10/h1-2,4,6,10,12,14H,3,5,7-9H2/t10-/m0/s1. The fourth-order valence-electron chi connectivity index (χ4n) is 1.89. The third-order valence-corrected chi connectivity index (χ3v) is 4.06. The van der Waals surface area contributed by atoms with Crippen LogP contribution < -0.4 is 10.0 Å². The number of hydrogen-bond donors (Lipinski definition) is 2. The van der Waals surface area contributed by atoms with Gasteiger partial charge in [0.05, 0.1) is 5.69 Å². The van der Waals surface area contributed by atoms with Gasteiger partial charge in [0.25, 0.3) is 0 Å². The Morgan fingerprint density at radius 2 is 2.35 bits per heavy atom. The van der Waals surface area contributed by atoms with Crippen LogP contribution in [-0.2, 0) is 15.8 Å². The van der Waals surface area contributed by atoms with E-state index in [4.69, 9.17) is 0 Å². The van der Waals surface area contributed by atoms with Crippen molar-refractivity contribution in [3.05, 3.63) is 30.1 Å². The lowest BCUT2D eigenvalue weighted by Crippen LogP contribution is -2.37. The molecule has 2 N–H and O–H groups in total. The number of rotatable bonds is 5. The van der Waals surface area contributed by atoms with Crippen LogP contribution in [0.15, 0.2) is 24.4 Å². The van der Waals surface area contributed by atoms with Gasteiger partial charge in [-0.25, -0.2) is 13.1 Å². The second kappa shape index (κ2) is 5.57. The van der Waals surface area contributed by atoms with Crippen LogP contribution in [0.5, 0.6) is 0 Å². The zero-order valence-electron chi connectivity index (χ0n) is 9.59. The average molecular weight is 255 g/mol. The van der Waals surface area contributed by atoms with E-state index in [1.807, 2.05) is 0 Å². The molecule has 0 unspecified atom stereocenters. The SMILES string of the molecule is O=S(=O)(Cc1ccccn1)NC[C@@H]1CCCN1. The Balaban J connectivity index is 1.86.